The van der Waals surface area contributed by atoms with Crippen LogP contribution in [0.25, 0.3) is 11.0 Å². The first-order chi connectivity index (χ1) is 9.63. The third-order valence-corrected chi connectivity index (χ3v) is 3.54. The number of fused-ring (bicyclic) bond motifs is 1. The van der Waals surface area contributed by atoms with E-state index < -0.39 is 5.97 Å². The molecular formula is C14H10BrN3O2. The van der Waals surface area contributed by atoms with Crippen LogP contribution in [0.1, 0.15) is 15.9 Å². The van der Waals surface area contributed by atoms with Gasteiger partial charge < -0.3 is 5.11 Å². The van der Waals surface area contributed by atoms with Crippen LogP contribution in [0.5, 0.6) is 0 Å². The van der Waals surface area contributed by atoms with Gasteiger partial charge in [-0.25, -0.2) is 9.48 Å². The van der Waals surface area contributed by atoms with Gasteiger partial charge in [0.1, 0.15) is 5.52 Å². The van der Waals surface area contributed by atoms with Crippen LogP contribution in [0.15, 0.2) is 46.9 Å². The average Bonchev–Trinajstić information content (AvgIpc) is 2.84. The normalized spacial score (nSPS) is 10.8. The Balaban J connectivity index is 1.96. The summed E-state index contributed by atoms with van der Waals surface area (Å²) in [7, 11) is 0. The summed E-state index contributed by atoms with van der Waals surface area (Å²) in [6.45, 7) is 0.593. The summed E-state index contributed by atoms with van der Waals surface area (Å²) < 4.78 is 2.78. The quantitative estimate of drug-likeness (QED) is 0.801. The summed E-state index contributed by atoms with van der Waals surface area (Å²) in [6, 6.07) is 12.8. The molecule has 0 amide bonds. The highest BCUT2D eigenvalue weighted by molar-refractivity contribution is 9.10. The van der Waals surface area contributed by atoms with Crippen molar-refractivity contribution in [2.45, 2.75) is 6.54 Å². The number of aromatic carboxylic acids is 1. The molecule has 2 aromatic carbocycles. The molecule has 100 valence electrons. The smallest absolute Gasteiger partial charge is 0.335 e. The van der Waals surface area contributed by atoms with Crippen LogP contribution in [-0.2, 0) is 6.54 Å². The minimum Gasteiger partial charge on any atom is -0.478 e. The number of hydrogen-bond donors (Lipinski definition) is 1. The number of carbonyl (C=O) groups is 1. The largest absolute Gasteiger partial charge is 0.478 e. The number of rotatable bonds is 3. The highest BCUT2D eigenvalue weighted by Crippen LogP contribution is 2.16. The van der Waals surface area contributed by atoms with Crippen molar-refractivity contribution in [2.75, 3.05) is 0 Å². The average molecular weight is 332 g/mol. The zero-order chi connectivity index (χ0) is 14.1. The minimum atomic E-state index is -0.964. The van der Waals surface area contributed by atoms with Gasteiger partial charge >= 0.3 is 5.97 Å². The van der Waals surface area contributed by atoms with Crippen LogP contribution in [0, 0.1) is 0 Å². The predicted octanol–water partition coefficient (Wildman–Crippen LogP) is 2.94. The zero-order valence-corrected chi connectivity index (χ0v) is 11.9. The Morgan fingerprint density at radius 1 is 1.20 bits per heavy atom. The van der Waals surface area contributed by atoms with E-state index >= 15 is 0 Å². The van der Waals surface area contributed by atoms with Gasteiger partial charge in [0.25, 0.3) is 0 Å². The van der Waals surface area contributed by atoms with E-state index in [0.29, 0.717) is 12.1 Å². The third-order valence-electron chi connectivity index (χ3n) is 3.01. The van der Waals surface area contributed by atoms with Gasteiger partial charge in [-0.2, -0.15) is 0 Å². The van der Waals surface area contributed by atoms with Crippen molar-refractivity contribution in [3.8, 4) is 0 Å². The maximum Gasteiger partial charge on any atom is 0.335 e. The number of benzene rings is 2. The molecule has 20 heavy (non-hydrogen) atoms. The molecule has 1 heterocycles. The second-order valence-corrected chi connectivity index (χ2v) is 5.30. The standard InChI is InChI=1S/C14H10BrN3O2/c15-11-4-1-9(2-5-11)8-18-13-6-3-10(14(19)20)7-12(13)16-17-18/h1-7H,8H2,(H,19,20). The summed E-state index contributed by atoms with van der Waals surface area (Å²) in [5, 5.41) is 17.0. The summed E-state index contributed by atoms with van der Waals surface area (Å²) in [4.78, 5) is 10.9. The van der Waals surface area contributed by atoms with Gasteiger partial charge in [-0.15, -0.1) is 5.10 Å². The summed E-state index contributed by atoms with van der Waals surface area (Å²) >= 11 is 3.39. The van der Waals surface area contributed by atoms with Crippen LogP contribution in [0.3, 0.4) is 0 Å². The number of halogens is 1. The lowest BCUT2D eigenvalue weighted by Gasteiger charge is -2.03. The monoisotopic (exact) mass is 331 g/mol. The number of nitrogens with zero attached hydrogens (tertiary/aromatic N) is 3. The van der Waals surface area contributed by atoms with Crippen molar-refractivity contribution in [3.63, 3.8) is 0 Å². The Morgan fingerprint density at radius 2 is 1.95 bits per heavy atom. The first-order valence-corrected chi connectivity index (χ1v) is 6.74. The van der Waals surface area contributed by atoms with E-state index in [1.807, 2.05) is 24.3 Å². The Bertz CT molecular complexity index is 781. The van der Waals surface area contributed by atoms with E-state index in [4.69, 9.17) is 5.11 Å². The number of hydrogen-bond acceptors (Lipinski definition) is 3. The molecule has 0 saturated heterocycles. The van der Waals surface area contributed by atoms with Gasteiger partial charge in [-0.05, 0) is 35.9 Å². The van der Waals surface area contributed by atoms with Crippen LogP contribution < -0.4 is 0 Å². The van der Waals surface area contributed by atoms with Crippen LogP contribution in [0.4, 0.5) is 0 Å². The topological polar surface area (TPSA) is 68.0 Å². The SMILES string of the molecule is O=C(O)c1ccc2c(c1)nnn2Cc1ccc(Br)cc1. The Labute approximate surface area is 123 Å². The Kier molecular flexibility index (Phi) is 3.23. The van der Waals surface area contributed by atoms with Crippen molar-refractivity contribution >= 4 is 32.9 Å². The fourth-order valence-corrected chi connectivity index (χ4v) is 2.25. The van der Waals surface area contributed by atoms with E-state index in [1.54, 1.807) is 16.8 Å². The van der Waals surface area contributed by atoms with E-state index in [0.717, 1.165) is 15.6 Å². The van der Waals surface area contributed by atoms with Crippen molar-refractivity contribution in [2.24, 2.45) is 0 Å². The number of aromatic nitrogens is 3. The fraction of sp³-hybridized carbons (Fsp3) is 0.0714. The van der Waals surface area contributed by atoms with Crippen molar-refractivity contribution < 1.29 is 9.90 Å². The summed E-state index contributed by atoms with van der Waals surface area (Å²) in [5.41, 5.74) is 2.72. The van der Waals surface area contributed by atoms with Crippen molar-refractivity contribution in [1.82, 2.24) is 15.0 Å². The van der Waals surface area contributed by atoms with Gasteiger partial charge in [0.2, 0.25) is 0 Å². The van der Waals surface area contributed by atoms with Crippen LogP contribution in [0.2, 0.25) is 0 Å². The third kappa shape index (κ3) is 2.42. The fourth-order valence-electron chi connectivity index (χ4n) is 1.98. The van der Waals surface area contributed by atoms with Crippen molar-refractivity contribution in [1.29, 1.82) is 0 Å². The molecule has 1 aromatic heterocycles. The first-order valence-electron chi connectivity index (χ1n) is 5.94. The molecule has 0 fully saturated rings. The van der Waals surface area contributed by atoms with Gasteiger partial charge in [0.05, 0.1) is 17.6 Å². The van der Waals surface area contributed by atoms with Gasteiger partial charge in [0.15, 0.2) is 0 Å². The molecule has 0 aliphatic carbocycles. The second kappa shape index (κ2) is 5.05. The van der Waals surface area contributed by atoms with Crippen LogP contribution in [-0.4, -0.2) is 26.1 Å². The summed E-state index contributed by atoms with van der Waals surface area (Å²) in [6.07, 6.45) is 0. The van der Waals surface area contributed by atoms with E-state index in [1.165, 1.54) is 6.07 Å². The predicted molar refractivity (Wildman–Crippen MR) is 77.7 cm³/mol. The number of carboxylic acid groups (broad SMARTS) is 1. The van der Waals surface area contributed by atoms with E-state index in [-0.39, 0.29) is 5.56 Å². The molecular weight excluding hydrogens is 322 g/mol. The number of carboxylic acids is 1. The molecule has 0 aliphatic rings. The van der Waals surface area contributed by atoms with E-state index in [9.17, 15) is 4.79 Å². The Morgan fingerprint density at radius 3 is 2.65 bits per heavy atom. The van der Waals surface area contributed by atoms with Crippen LogP contribution >= 0.6 is 15.9 Å². The molecule has 3 aromatic rings. The Hall–Kier alpha value is -2.21. The highest BCUT2D eigenvalue weighted by atomic mass is 79.9. The molecule has 0 atom stereocenters. The zero-order valence-electron chi connectivity index (χ0n) is 10.3. The molecule has 0 radical (unpaired) electrons. The maximum absolute atomic E-state index is 10.9. The molecule has 0 bridgehead atoms. The van der Waals surface area contributed by atoms with Gasteiger partial charge in [-0.1, -0.05) is 33.3 Å². The molecule has 6 heteroatoms. The molecule has 0 unspecified atom stereocenters. The molecule has 5 nitrogen and oxygen atoms in total. The second-order valence-electron chi connectivity index (χ2n) is 4.38. The molecule has 0 saturated carbocycles. The van der Waals surface area contributed by atoms with E-state index in [2.05, 4.69) is 26.2 Å². The van der Waals surface area contributed by atoms with Crippen molar-refractivity contribution in [3.05, 3.63) is 58.1 Å². The molecule has 1 N–H and O–H groups in total. The minimum absolute atomic E-state index is 0.216. The molecule has 0 spiro atoms. The van der Waals surface area contributed by atoms with Gasteiger partial charge in [0, 0.05) is 4.47 Å². The lowest BCUT2D eigenvalue weighted by molar-refractivity contribution is 0.0697. The molecule has 3 rings (SSSR count). The maximum atomic E-state index is 10.9. The molecule has 0 aliphatic heterocycles. The highest BCUT2D eigenvalue weighted by Gasteiger charge is 2.09. The lowest BCUT2D eigenvalue weighted by atomic mass is 10.2. The summed E-state index contributed by atoms with van der Waals surface area (Å²) in [5.74, 6) is -0.964. The van der Waals surface area contributed by atoms with Gasteiger partial charge in [-0.3, -0.25) is 0 Å². The lowest BCUT2D eigenvalue weighted by Crippen LogP contribution is -2.02. The first kappa shape index (κ1) is 12.8.